The number of hydrogen-bond donors (Lipinski definition) is 0. The first-order valence-electron chi connectivity index (χ1n) is 9.68. The van der Waals surface area contributed by atoms with Gasteiger partial charge in [-0.05, 0) is 31.2 Å². The molecule has 156 valence electrons. The summed E-state index contributed by atoms with van der Waals surface area (Å²) in [7, 11) is 0. The van der Waals surface area contributed by atoms with Gasteiger partial charge in [-0.3, -0.25) is 9.78 Å². The molecule has 5 aromatic rings. The molecule has 3 aromatic heterocycles. The van der Waals surface area contributed by atoms with E-state index in [1.165, 1.54) is 17.7 Å². The highest BCUT2D eigenvalue weighted by Gasteiger charge is 2.24. The lowest BCUT2D eigenvalue weighted by Gasteiger charge is -2.08. The van der Waals surface area contributed by atoms with Crippen molar-refractivity contribution in [3.05, 3.63) is 84.4 Å². The van der Waals surface area contributed by atoms with E-state index in [0.717, 1.165) is 0 Å². The molecule has 0 saturated heterocycles. The molecule has 0 spiro atoms. The maximum Gasteiger partial charge on any atom is 0.281 e. The first kappa shape index (κ1) is 19.4. The molecule has 0 fully saturated rings. The van der Waals surface area contributed by atoms with E-state index in [9.17, 15) is 9.18 Å². The van der Waals surface area contributed by atoms with E-state index in [0.29, 0.717) is 33.9 Å². The van der Waals surface area contributed by atoms with Crippen LogP contribution in [0.5, 0.6) is 0 Å². The molecule has 3 heterocycles. The van der Waals surface area contributed by atoms with Gasteiger partial charge in [-0.25, -0.2) is 9.07 Å². The number of nitrogens with zero attached hydrogens (tertiary/aromatic N) is 6. The van der Waals surface area contributed by atoms with Crippen molar-refractivity contribution in [1.82, 2.24) is 30.1 Å². The second kappa shape index (κ2) is 7.95. The molecule has 0 bridgehead atoms. The molecule has 2 aromatic carbocycles. The molecule has 9 heteroatoms. The van der Waals surface area contributed by atoms with Crippen LogP contribution >= 0.6 is 0 Å². The monoisotopic (exact) mass is 426 g/mol. The summed E-state index contributed by atoms with van der Waals surface area (Å²) in [4.78, 5) is 20.0. The number of carbonyl (C=O) groups is 1. The highest BCUT2D eigenvalue weighted by molar-refractivity contribution is 5.94. The van der Waals surface area contributed by atoms with Crippen molar-refractivity contribution in [2.24, 2.45) is 0 Å². The number of benzene rings is 2. The Morgan fingerprint density at radius 1 is 0.969 bits per heavy atom. The van der Waals surface area contributed by atoms with Crippen molar-refractivity contribution in [3.63, 3.8) is 0 Å². The van der Waals surface area contributed by atoms with Gasteiger partial charge < -0.3 is 4.52 Å². The molecule has 0 aliphatic rings. The number of pyridine rings is 1. The number of Topliss-reactive ketones (excluding diaryl/α,β-unsaturated/α-hetero) is 1. The van der Waals surface area contributed by atoms with Crippen LogP contribution < -0.4 is 0 Å². The van der Waals surface area contributed by atoms with Crippen LogP contribution in [0.4, 0.5) is 4.39 Å². The fourth-order valence-electron chi connectivity index (χ4n) is 3.28. The Morgan fingerprint density at radius 2 is 1.72 bits per heavy atom. The molecule has 0 atom stereocenters. The van der Waals surface area contributed by atoms with Gasteiger partial charge in [0, 0.05) is 29.1 Å². The van der Waals surface area contributed by atoms with Crippen molar-refractivity contribution in [2.75, 3.05) is 0 Å². The molecule has 5 rings (SSSR count). The Kier molecular flexibility index (Phi) is 4.83. The highest BCUT2D eigenvalue weighted by Crippen LogP contribution is 2.32. The molecular weight excluding hydrogens is 411 g/mol. The van der Waals surface area contributed by atoms with E-state index in [2.05, 4.69) is 25.4 Å². The maximum atomic E-state index is 14.5. The molecular formula is C23H15FN6O2. The number of hydrogen-bond acceptors (Lipinski definition) is 7. The second-order valence-electron chi connectivity index (χ2n) is 6.94. The van der Waals surface area contributed by atoms with Gasteiger partial charge in [-0.2, -0.15) is 4.98 Å². The minimum absolute atomic E-state index is 0.0305. The third-order valence-corrected chi connectivity index (χ3v) is 4.88. The van der Waals surface area contributed by atoms with Crippen molar-refractivity contribution in [2.45, 2.75) is 6.92 Å². The number of para-hydroxylation sites is 1. The van der Waals surface area contributed by atoms with Crippen LogP contribution in [0.1, 0.15) is 17.3 Å². The van der Waals surface area contributed by atoms with Crippen molar-refractivity contribution in [3.8, 4) is 39.9 Å². The van der Waals surface area contributed by atoms with Crippen molar-refractivity contribution in [1.29, 1.82) is 0 Å². The van der Waals surface area contributed by atoms with Gasteiger partial charge in [0.2, 0.25) is 5.82 Å². The van der Waals surface area contributed by atoms with Gasteiger partial charge in [0.25, 0.3) is 5.89 Å². The lowest BCUT2D eigenvalue weighted by molar-refractivity contribution is 0.101. The summed E-state index contributed by atoms with van der Waals surface area (Å²) in [5.74, 6) is -0.0191. The van der Waals surface area contributed by atoms with Crippen LogP contribution in [0.3, 0.4) is 0 Å². The van der Waals surface area contributed by atoms with E-state index in [1.807, 2.05) is 0 Å². The number of carbonyl (C=O) groups excluding carboxylic acids is 1. The van der Waals surface area contributed by atoms with Crippen LogP contribution in [0.15, 0.2) is 77.6 Å². The molecule has 0 aliphatic heterocycles. The minimum Gasteiger partial charge on any atom is -0.332 e. The molecule has 0 radical (unpaired) electrons. The molecule has 0 amide bonds. The molecule has 0 unspecified atom stereocenters. The predicted molar refractivity (Wildman–Crippen MR) is 113 cm³/mol. The van der Waals surface area contributed by atoms with E-state index >= 15 is 0 Å². The topological polar surface area (TPSA) is 99.6 Å². The molecule has 0 N–H and O–H groups in total. The Balaban J connectivity index is 1.62. The van der Waals surface area contributed by atoms with Crippen molar-refractivity contribution >= 4 is 5.78 Å². The van der Waals surface area contributed by atoms with E-state index in [4.69, 9.17) is 4.52 Å². The number of rotatable bonds is 5. The molecule has 32 heavy (non-hydrogen) atoms. The average molecular weight is 426 g/mol. The van der Waals surface area contributed by atoms with Crippen LogP contribution in [0.2, 0.25) is 0 Å². The summed E-state index contributed by atoms with van der Waals surface area (Å²) in [6, 6.07) is 16.7. The molecule has 8 nitrogen and oxygen atoms in total. The van der Waals surface area contributed by atoms with E-state index < -0.39 is 5.82 Å². The number of halogens is 1. The normalized spacial score (nSPS) is 10.9. The van der Waals surface area contributed by atoms with Gasteiger partial charge >= 0.3 is 0 Å². The Hall–Kier alpha value is -4.53. The van der Waals surface area contributed by atoms with Gasteiger partial charge in [0.15, 0.2) is 11.5 Å². The lowest BCUT2D eigenvalue weighted by Crippen LogP contribution is -2.02. The third-order valence-electron chi connectivity index (χ3n) is 4.88. The quantitative estimate of drug-likeness (QED) is 0.384. The minimum atomic E-state index is -0.448. The van der Waals surface area contributed by atoms with E-state index in [1.54, 1.807) is 67.0 Å². The van der Waals surface area contributed by atoms with Gasteiger partial charge in [0.1, 0.15) is 17.2 Å². The summed E-state index contributed by atoms with van der Waals surface area (Å²) in [6.07, 6.45) is 3.24. The average Bonchev–Trinajstić information content (AvgIpc) is 3.47. The van der Waals surface area contributed by atoms with Crippen LogP contribution in [-0.4, -0.2) is 35.9 Å². The lowest BCUT2D eigenvalue weighted by atomic mass is 10.1. The van der Waals surface area contributed by atoms with Crippen LogP contribution in [0, 0.1) is 5.82 Å². The Morgan fingerprint density at radius 3 is 2.44 bits per heavy atom. The SMILES string of the molecule is CC(=O)c1ccc(-c2noc(-c3nnn(-c4ccccc4F)c3-c3ccncc3)n2)cc1. The summed E-state index contributed by atoms with van der Waals surface area (Å²) in [6.45, 7) is 1.50. The number of ketones is 1. The Bertz CT molecular complexity index is 1410. The fraction of sp³-hybridized carbons (Fsp3) is 0.0435. The summed E-state index contributed by atoms with van der Waals surface area (Å²) in [5.41, 5.74) is 2.99. The predicted octanol–water partition coefficient (Wildman–Crippen LogP) is 4.39. The third kappa shape index (κ3) is 3.45. The van der Waals surface area contributed by atoms with Crippen LogP contribution in [0.25, 0.3) is 39.9 Å². The van der Waals surface area contributed by atoms with Crippen LogP contribution in [-0.2, 0) is 0 Å². The first-order valence-corrected chi connectivity index (χ1v) is 9.68. The summed E-state index contributed by atoms with van der Waals surface area (Å²) in [5, 5.41) is 12.4. The Labute approximate surface area is 181 Å². The zero-order valence-corrected chi connectivity index (χ0v) is 16.8. The number of aromatic nitrogens is 6. The zero-order chi connectivity index (χ0) is 22.1. The first-order chi connectivity index (χ1) is 15.6. The standard InChI is InChI=1S/C23H15FN6O2/c1-14(31)15-6-8-17(9-7-15)22-26-23(32-28-22)20-21(16-10-12-25-13-11-16)30(29-27-20)19-5-3-2-4-18(19)24/h2-13H,1H3. The highest BCUT2D eigenvalue weighted by atomic mass is 19.1. The van der Waals surface area contributed by atoms with E-state index in [-0.39, 0.29) is 17.4 Å². The fourth-order valence-corrected chi connectivity index (χ4v) is 3.28. The smallest absolute Gasteiger partial charge is 0.281 e. The van der Waals surface area contributed by atoms with Gasteiger partial charge in [-0.1, -0.05) is 46.8 Å². The largest absolute Gasteiger partial charge is 0.332 e. The molecule has 0 aliphatic carbocycles. The summed E-state index contributed by atoms with van der Waals surface area (Å²) >= 11 is 0. The van der Waals surface area contributed by atoms with Gasteiger partial charge in [0.05, 0.1) is 0 Å². The van der Waals surface area contributed by atoms with Gasteiger partial charge in [-0.15, -0.1) is 5.10 Å². The maximum absolute atomic E-state index is 14.5. The zero-order valence-electron chi connectivity index (χ0n) is 16.8. The van der Waals surface area contributed by atoms with Crippen molar-refractivity contribution < 1.29 is 13.7 Å². The molecule has 0 saturated carbocycles. The summed E-state index contributed by atoms with van der Waals surface area (Å²) < 4.78 is 21.4. The second-order valence-corrected chi connectivity index (χ2v) is 6.94.